The fraction of sp³-hybridized carbons (Fsp3) is 0.783. The number of rotatable bonds is 1. The lowest BCUT2D eigenvalue weighted by Crippen LogP contribution is -2.61. The van der Waals surface area contributed by atoms with Crippen LogP contribution in [0, 0.1) is 5.92 Å². The molecule has 4 rings (SSSR count). The largest absolute Gasteiger partial charge is 0.434 e. The van der Waals surface area contributed by atoms with E-state index in [2.05, 4.69) is 5.32 Å². The van der Waals surface area contributed by atoms with Gasteiger partial charge in [0.1, 0.15) is 24.2 Å². The quantitative estimate of drug-likeness (QED) is 0.170. The zero-order valence-corrected chi connectivity index (χ0v) is 20.6. The van der Waals surface area contributed by atoms with E-state index < -0.39 is 84.8 Å². The van der Waals surface area contributed by atoms with Crippen molar-refractivity contribution in [3.8, 4) is 0 Å². The second-order valence-electron chi connectivity index (χ2n) is 10.2. The number of carbonyl (C=O) groups excluding carboxylic acids is 5. The molecule has 7 atom stereocenters. The molecule has 0 aromatic heterocycles. The minimum Gasteiger partial charge on any atom is -0.434 e. The van der Waals surface area contributed by atoms with Gasteiger partial charge in [-0.2, -0.15) is 0 Å². The minimum atomic E-state index is -1.84. The maximum absolute atomic E-state index is 13.6. The molecule has 0 bridgehead atoms. The molecule has 14 nitrogen and oxygen atoms in total. The van der Waals surface area contributed by atoms with E-state index in [1.807, 2.05) is 0 Å². The summed E-state index contributed by atoms with van der Waals surface area (Å²) in [6.45, 7) is 1.51. The van der Waals surface area contributed by atoms with Gasteiger partial charge in [-0.3, -0.25) is 19.2 Å². The van der Waals surface area contributed by atoms with Gasteiger partial charge in [0.25, 0.3) is 0 Å². The number of nitrogens with zero attached hydrogens (tertiary/aromatic N) is 3. The van der Waals surface area contributed by atoms with Crippen LogP contribution in [0.1, 0.15) is 45.4 Å². The van der Waals surface area contributed by atoms with Gasteiger partial charge in [-0.25, -0.2) is 4.79 Å². The molecular weight excluding hydrogens is 492 g/mol. The summed E-state index contributed by atoms with van der Waals surface area (Å²) in [5, 5.41) is 42.6. The Balaban J connectivity index is 1.68. The van der Waals surface area contributed by atoms with Crippen LogP contribution in [0.25, 0.3) is 0 Å². The molecule has 7 unspecified atom stereocenters. The molecule has 4 aliphatic heterocycles. The first kappa shape index (κ1) is 27.2. The predicted molar refractivity (Wildman–Crippen MR) is 122 cm³/mol. The van der Waals surface area contributed by atoms with Crippen molar-refractivity contribution in [3.63, 3.8) is 0 Å². The topological polar surface area (TPSA) is 197 Å². The van der Waals surface area contributed by atoms with Crippen molar-refractivity contribution in [1.82, 2.24) is 20.0 Å². The summed E-state index contributed by atoms with van der Waals surface area (Å²) in [5.74, 6) is -4.33. The number of nitrogens with one attached hydrogen (secondary N) is 1. The predicted octanol–water partition coefficient (Wildman–Crippen LogP) is -3.37. The van der Waals surface area contributed by atoms with E-state index in [0.717, 1.165) is 4.90 Å². The van der Waals surface area contributed by atoms with Crippen LogP contribution in [0.4, 0.5) is 0 Å². The number of ether oxygens (including phenoxy) is 1. The molecule has 4 heterocycles. The SMILES string of the molecule is CC1NC(=O)C2CC(O)CCN2C(=O)C2CC(C(O)O)CN2C(=O)CC(O)OC(=O)C2CCCN2C1=O. The van der Waals surface area contributed by atoms with Gasteiger partial charge in [-0.05, 0) is 32.6 Å². The molecule has 0 aromatic carbocycles. The van der Waals surface area contributed by atoms with E-state index in [0.29, 0.717) is 6.42 Å². The first-order chi connectivity index (χ1) is 17.5. The van der Waals surface area contributed by atoms with Crippen molar-refractivity contribution in [2.24, 2.45) is 5.92 Å². The van der Waals surface area contributed by atoms with Crippen LogP contribution >= 0.6 is 0 Å². The summed E-state index contributed by atoms with van der Waals surface area (Å²) in [7, 11) is 0. The van der Waals surface area contributed by atoms with Gasteiger partial charge in [0.2, 0.25) is 29.9 Å². The summed E-state index contributed by atoms with van der Waals surface area (Å²) in [6, 6.07) is -4.33. The summed E-state index contributed by atoms with van der Waals surface area (Å²) < 4.78 is 5.05. The van der Waals surface area contributed by atoms with Crippen LogP contribution < -0.4 is 5.32 Å². The van der Waals surface area contributed by atoms with Crippen molar-refractivity contribution < 1.29 is 49.1 Å². The van der Waals surface area contributed by atoms with Crippen molar-refractivity contribution in [1.29, 1.82) is 0 Å². The number of esters is 1. The highest BCUT2D eigenvalue weighted by Gasteiger charge is 2.47. The number of cyclic esters (lactones) is 1. The number of carbonyl (C=O) groups is 5. The number of fused-ring (bicyclic) bond motifs is 3. The number of aliphatic hydroxyl groups is 4. The zero-order valence-electron chi connectivity index (χ0n) is 20.6. The maximum Gasteiger partial charge on any atom is 0.331 e. The van der Waals surface area contributed by atoms with E-state index in [-0.39, 0.29) is 45.3 Å². The van der Waals surface area contributed by atoms with E-state index >= 15 is 0 Å². The Bertz CT molecular complexity index is 944. The molecule has 14 heteroatoms. The Labute approximate surface area is 213 Å². The molecular formula is C23H34N4O10. The lowest BCUT2D eigenvalue weighted by Gasteiger charge is -2.40. The van der Waals surface area contributed by atoms with Crippen LogP contribution in [0.5, 0.6) is 0 Å². The average molecular weight is 527 g/mol. The maximum atomic E-state index is 13.6. The van der Waals surface area contributed by atoms with Crippen LogP contribution in [0.3, 0.4) is 0 Å². The van der Waals surface area contributed by atoms with Gasteiger partial charge in [0.15, 0.2) is 6.29 Å². The third-order valence-electron chi connectivity index (χ3n) is 7.66. The molecule has 0 radical (unpaired) electrons. The summed E-state index contributed by atoms with van der Waals surface area (Å²) in [4.78, 5) is 69.4. The summed E-state index contributed by atoms with van der Waals surface area (Å²) >= 11 is 0. The highest BCUT2D eigenvalue weighted by Crippen LogP contribution is 2.30. The number of amides is 4. The highest BCUT2D eigenvalue weighted by atomic mass is 16.6. The smallest absolute Gasteiger partial charge is 0.331 e. The van der Waals surface area contributed by atoms with Gasteiger partial charge in [-0.1, -0.05) is 0 Å². The molecule has 206 valence electrons. The monoisotopic (exact) mass is 526 g/mol. The van der Waals surface area contributed by atoms with Gasteiger partial charge >= 0.3 is 5.97 Å². The van der Waals surface area contributed by atoms with Crippen LogP contribution in [0.15, 0.2) is 0 Å². The Morgan fingerprint density at radius 1 is 0.892 bits per heavy atom. The fourth-order valence-corrected chi connectivity index (χ4v) is 5.66. The normalized spacial score (nSPS) is 36.3. The van der Waals surface area contributed by atoms with Gasteiger partial charge in [0.05, 0.1) is 12.5 Å². The first-order valence-electron chi connectivity index (χ1n) is 12.6. The average Bonchev–Trinajstić information content (AvgIpc) is 3.50. The number of aliphatic hydroxyl groups excluding tert-OH is 3. The van der Waals surface area contributed by atoms with Crippen molar-refractivity contribution in [2.75, 3.05) is 19.6 Å². The molecule has 37 heavy (non-hydrogen) atoms. The molecule has 0 spiro atoms. The summed E-state index contributed by atoms with van der Waals surface area (Å²) in [5.41, 5.74) is 0. The molecule has 0 aliphatic carbocycles. The van der Waals surface area contributed by atoms with E-state index in [4.69, 9.17) is 4.74 Å². The van der Waals surface area contributed by atoms with Crippen LogP contribution in [-0.2, 0) is 28.7 Å². The molecule has 5 N–H and O–H groups in total. The Hall–Kier alpha value is -2.81. The second kappa shape index (κ2) is 10.9. The molecule has 0 saturated carbocycles. The molecule has 4 amide bonds. The molecule has 4 aliphatic rings. The van der Waals surface area contributed by atoms with Crippen molar-refractivity contribution in [2.45, 2.75) is 88.3 Å². The third-order valence-corrected chi connectivity index (χ3v) is 7.66. The number of hydrogen-bond donors (Lipinski definition) is 5. The molecule has 4 saturated heterocycles. The molecule has 0 aromatic rings. The minimum absolute atomic E-state index is 0.0136. The van der Waals surface area contributed by atoms with Gasteiger partial charge in [0, 0.05) is 32.0 Å². The lowest BCUT2D eigenvalue weighted by molar-refractivity contribution is -0.178. The second-order valence-corrected chi connectivity index (χ2v) is 10.2. The molecule has 4 fully saturated rings. The Morgan fingerprint density at radius 3 is 2.30 bits per heavy atom. The van der Waals surface area contributed by atoms with E-state index in [1.165, 1.54) is 16.7 Å². The van der Waals surface area contributed by atoms with Crippen LogP contribution in [0.2, 0.25) is 0 Å². The zero-order chi connectivity index (χ0) is 27.0. The fourth-order valence-electron chi connectivity index (χ4n) is 5.66. The number of hydrogen-bond acceptors (Lipinski definition) is 10. The van der Waals surface area contributed by atoms with Crippen molar-refractivity contribution >= 4 is 29.6 Å². The Kier molecular flexibility index (Phi) is 8.02. The van der Waals surface area contributed by atoms with Crippen LogP contribution in [-0.4, -0.2) is 127 Å². The number of piperidine rings is 1. The van der Waals surface area contributed by atoms with Crippen molar-refractivity contribution in [3.05, 3.63) is 0 Å². The van der Waals surface area contributed by atoms with Gasteiger partial charge < -0.3 is 45.2 Å². The van der Waals surface area contributed by atoms with E-state index in [9.17, 15) is 44.4 Å². The first-order valence-corrected chi connectivity index (χ1v) is 12.6. The van der Waals surface area contributed by atoms with E-state index in [1.54, 1.807) is 0 Å². The summed E-state index contributed by atoms with van der Waals surface area (Å²) in [6.07, 6.45) is -4.39. The highest BCUT2D eigenvalue weighted by molar-refractivity contribution is 5.95. The standard InChI is InChI=1S/C23H34N4O10/c1-11-20(32)25-5-2-3-14(25)23(36)37-18(30)9-17(29)27-10-12(22(34)35)7-16(27)21(33)26-6-4-13(28)8-15(26)19(31)24-11/h11-16,18,22,28,30,34-35H,2-10H2,1H3,(H,24,31). The van der Waals surface area contributed by atoms with Gasteiger partial charge in [-0.15, -0.1) is 0 Å². The third kappa shape index (κ3) is 5.56. The lowest BCUT2D eigenvalue weighted by atomic mass is 9.96. The Morgan fingerprint density at radius 2 is 1.59 bits per heavy atom.